The van der Waals surface area contributed by atoms with Crippen LogP contribution in [0.5, 0.6) is 40.2 Å². The van der Waals surface area contributed by atoms with Crippen molar-refractivity contribution in [1.29, 1.82) is 0 Å². The molecular weight excluding hydrogens is 736 g/mol. The molecule has 4 heterocycles. The van der Waals surface area contributed by atoms with Crippen LogP contribution in [0.3, 0.4) is 0 Å². The molecule has 1 saturated heterocycles. The van der Waals surface area contributed by atoms with Gasteiger partial charge in [0.05, 0.1) is 17.7 Å². The first-order chi connectivity index (χ1) is 26.8. The van der Waals surface area contributed by atoms with E-state index in [0.29, 0.717) is 11.1 Å². The van der Waals surface area contributed by atoms with Crippen LogP contribution in [0.25, 0.3) is 45.8 Å². The topological polar surface area (TPSA) is 279 Å². The maximum atomic E-state index is 11.0. The fraction of sp³-hybridized carbons (Fsp3) is 0.225. The van der Waals surface area contributed by atoms with Crippen LogP contribution in [0, 0.1) is 0 Å². The van der Waals surface area contributed by atoms with Gasteiger partial charge in [-0.2, -0.15) is 0 Å². The molecule has 0 amide bonds. The van der Waals surface area contributed by atoms with Gasteiger partial charge in [-0.1, -0.05) is 6.07 Å². The van der Waals surface area contributed by atoms with E-state index in [1.165, 1.54) is 54.6 Å². The molecule has 4 aliphatic rings. The van der Waals surface area contributed by atoms with Crippen molar-refractivity contribution in [2.75, 3.05) is 6.61 Å². The van der Waals surface area contributed by atoms with Crippen LogP contribution in [-0.4, -0.2) is 99.6 Å². The van der Waals surface area contributed by atoms with Gasteiger partial charge in [-0.05, 0) is 66.7 Å². The van der Waals surface area contributed by atoms with Crippen LogP contribution in [-0.2, 0) is 11.2 Å². The minimum atomic E-state index is -1.81. The van der Waals surface area contributed by atoms with Gasteiger partial charge >= 0.3 is 11.5 Å². The molecule has 2 unspecified atom stereocenters. The minimum absolute atomic E-state index is 0.0260. The van der Waals surface area contributed by atoms with Gasteiger partial charge < -0.3 is 74.5 Å². The number of fused-ring (bicyclic) bond motifs is 1. The summed E-state index contributed by atoms with van der Waals surface area (Å²) in [5.74, 6) is -2.56. The molecule has 1 fully saturated rings. The maximum absolute atomic E-state index is 11.0. The molecule has 56 heavy (non-hydrogen) atoms. The molecule has 0 spiro atoms. The minimum Gasteiger partial charge on any atom is -0.507 e. The van der Waals surface area contributed by atoms with Gasteiger partial charge in [0.2, 0.25) is 6.29 Å². The summed E-state index contributed by atoms with van der Waals surface area (Å²) in [6.45, 7) is -0.722. The second-order valence-electron chi connectivity index (χ2n) is 13.5. The van der Waals surface area contributed by atoms with Crippen molar-refractivity contribution in [3.8, 4) is 62.7 Å². The van der Waals surface area contributed by atoms with Gasteiger partial charge in [-0.3, -0.25) is 0 Å². The average molecular weight is 772 g/mol. The molecule has 290 valence electrons. The second-order valence-corrected chi connectivity index (χ2v) is 13.5. The number of benzene rings is 4. The monoisotopic (exact) mass is 771 g/mol. The zero-order valence-corrected chi connectivity index (χ0v) is 28.9. The first kappa shape index (κ1) is 36.7. The van der Waals surface area contributed by atoms with Gasteiger partial charge in [0.1, 0.15) is 63.3 Å². The van der Waals surface area contributed by atoms with E-state index >= 15 is 0 Å². The molecule has 16 nitrogen and oxygen atoms in total. The summed E-state index contributed by atoms with van der Waals surface area (Å²) in [6.07, 6.45) is -7.68. The number of aliphatic hydroxyl groups is 5. The SMILES string of the molecule is OC[C@H]1O[C@@H](Oc2c3cc(=CC=c4c(O)cc(O)c5c4=[O+]C(c4ccc(O)c(O)c4)C(O)C5)oc4cccc(oc2-c2ccc(O)c(O)c2)c4-3)[C@H](O)[C@@H](O)[C@@H]1O. The predicted molar refractivity (Wildman–Crippen MR) is 195 cm³/mol. The Morgan fingerprint density at radius 3 is 2.14 bits per heavy atom. The highest BCUT2D eigenvalue weighted by molar-refractivity contribution is 5.97. The maximum Gasteiger partial charge on any atom is 0.362 e. The van der Waals surface area contributed by atoms with Crippen molar-refractivity contribution in [2.24, 2.45) is 0 Å². The van der Waals surface area contributed by atoms with Gasteiger partial charge in [-0.15, -0.1) is 0 Å². The molecule has 4 aromatic carbocycles. The van der Waals surface area contributed by atoms with Crippen molar-refractivity contribution >= 4 is 23.3 Å². The van der Waals surface area contributed by atoms with Gasteiger partial charge in [0.15, 0.2) is 40.6 Å². The summed E-state index contributed by atoms with van der Waals surface area (Å²) in [4.78, 5) is 0. The Morgan fingerprint density at radius 1 is 0.714 bits per heavy atom. The summed E-state index contributed by atoms with van der Waals surface area (Å²) < 4.78 is 30.5. The van der Waals surface area contributed by atoms with Crippen LogP contribution in [0.4, 0.5) is 0 Å². The number of aliphatic hydroxyl groups excluding tert-OH is 5. The highest BCUT2D eigenvalue weighted by Gasteiger charge is 2.45. The van der Waals surface area contributed by atoms with E-state index < -0.39 is 66.8 Å². The van der Waals surface area contributed by atoms with Crippen LogP contribution in [0.1, 0.15) is 17.2 Å². The number of phenols is 6. The van der Waals surface area contributed by atoms with Crippen molar-refractivity contribution in [3.05, 3.63) is 98.3 Å². The Labute approximate surface area is 314 Å². The third kappa shape index (κ3) is 6.29. The van der Waals surface area contributed by atoms with E-state index in [2.05, 4.69) is 0 Å². The van der Waals surface area contributed by atoms with Crippen LogP contribution in [0.2, 0.25) is 0 Å². The smallest absolute Gasteiger partial charge is 0.362 e. The van der Waals surface area contributed by atoms with E-state index in [1.54, 1.807) is 18.2 Å². The third-order valence-electron chi connectivity index (χ3n) is 9.88. The molecule has 16 heteroatoms. The lowest BCUT2D eigenvalue weighted by Gasteiger charge is -2.40. The highest BCUT2D eigenvalue weighted by Crippen LogP contribution is 2.47. The molecule has 4 aromatic rings. The molecule has 0 saturated carbocycles. The normalized spacial score (nSPS) is 24.3. The Balaban J connectivity index is 1.35. The largest absolute Gasteiger partial charge is 0.507 e. The number of phenolic OH excluding ortho intramolecular Hbond substituents is 6. The number of hydrogen-bond acceptors (Lipinski definition) is 15. The lowest BCUT2D eigenvalue weighted by molar-refractivity contribution is -0.277. The van der Waals surface area contributed by atoms with Crippen molar-refractivity contribution in [3.63, 3.8) is 0 Å². The lowest BCUT2D eigenvalue weighted by atomic mass is 9.94. The Morgan fingerprint density at radius 2 is 1.43 bits per heavy atom. The highest BCUT2D eigenvalue weighted by atomic mass is 16.7. The van der Waals surface area contributed by atoms with Crippen LogP contribution < -0.4 is 20.8 Å². The summed E-state index contributed by atoms with van der Waals surface area (Å²) in [7, 11) is 0. The third-order valence-corrected chi connectivity index (χ3v) is 9.88. The molecule has 0 radical (unpaired) electrons. The first-order valence-corrected chi connectivity index (χ1v) is 17.3. The molecular formula is C40H35O16+. The van der Waals surface area contributed by atoms with E-state index in [1.807, 2.05) is 0 Å². The van der Waals surface area contributed by atoms with Crippen molar-refractivity contribution in [2.45, 2.75) is 49.3 Å². The lowest BCUT2D eigenvalue weighted by Crippen LogP contribution is -2.60. The molecule has 7 atom stereocenters. The van der Waals surface area contributed by atoms with Crippen molar-refractivity contribution in [1.82, 2.24) is 0 Å². The van der Waals surface area contributed by atoms with Gasteiger partial charge in [-0.25, -0.2) is 4.42 Å². The van der Waals surface area contributed by atoms with E-state index in [4.69, 9.17) is 22.7 Å². The quantitative estimate of drug-likeness (QED) is 0.0833. The average Bonchev–Trinajstić information content (AvgIpc) is 3.18. The summed E-state index contributed by atoms with van der Waals surface area (Å²) in [5, 5.41) is 115. The van der Waals surface area contributed by atoms with Gasteiger partial charge in [0.25, 0.3) is 0 Å². The predicted octanol–water partition coefficient (Wildman–Crippen LogP) is 1.03. The molecule has 11 N–H and O–H groups in total. The number of ether oxygens (including phenoxy) is 2. The zero-order valence-electron chi connectivity index (χ0n) is 28.9. The van der Waals surface area contributed by atoms with Crippen LogP contribution >= 0.6 is 0 Å². The standard InChI is InChI=1S/C40H34O16/c41-15-31-33(49)34(50)35(51)40(54-31)56-39-21-12-18(52-29-2-1-3-30(32(21)29)53-37(39)17-5-9-23(43)27(47)11-17)6-7-19-24(44)14-25(45)20-13-28(48)36(55-38(19)20)16-4-8-22(42)26(46)10-16/h1-12,14,28,31,33-36,40-41,48-51H,13,15H2,(H5-,42,43,44,45,46,47)/p+1/t28?,31-,33-,34+,35-,36?,40+/m1/s1. The summed E-state index contributed by atoms with van der Waals surface area (Å²) in [5.41, 5.74) is 2.11. The fourth-order valence-corrected chi connectivity index (χ4v) is 6.99. The molecule has 0 aliphatic carbocycles. The molecule has 4 aliphatic heterocycles. The van der Waals surface area contributed by atoms with E-state index in [0.717, 1.165) is 6.07 Å². The van der Waals surface area contributed by atoms with E-state index in [9.17, 15) is 56.2 Å². The number of rotatable bonds is 6. The Hall–Kier alpha value is -6.27. The first-order valence-electron chi connectivity index (χ1n) is 17.3. The Bertz CT molecular complexity index is 2640. The van der Waals surface area contributed by atoms with Crippen molar-refractivity contribution < 1.29 is 74.5 Å². The van der Waals surface area contributed by atoms with Crippen LogP contribution in [0.15, 0.2) is 80.0 Å². The summed E-state index contributed by atoms with van der Waals surface area (Å²) >= 11 is 0. The molecule has 8 rings (SSSR count). The Kier molecular flexibility index (Phi) is 9.24. The second kappa shape index (κ2) is 14.1. The van der Waals surface area contributed by atoms with Gasteiger partial charge in [0, 0.05) is 23.6 Å². The number of hydrogen-bond donors (Lipinski definition) is 11. The van der Waals surface area contributed by atoms with E-state index in [-0.39, 0.29) is 79.1 Å². The zero-order chi connectivity index (χ0) is 39.6. The number of aromatic hydroxyl groups is 6. The molecule has 0 bridgehead atoms. The molecule has 0 aromatic heterocycles. The summed E-state index contributed by atoms with van der Waals surface area (Å²) in [6, 6.07) is 15.3. The fourth-order valence-electron chi connectivity index (χ4n) is 6.99.